The SMILES string of the molecule is CC1=C(C(=O)OC(C)C)C(c2ccccc2Cl)n2c(sc(=Cc3cccs3)c2=O)=N1. The van der Waals surface area contributed by atoms with Gasteiger partial charge in [-0.1, -0.05) is 47.2 Å². The monoisotopic (exact) mass is 458 g/mol. The first-order valence-electron chi connectivity index (χ1n) is 9.38. The van der Waals surface area contributed by atoms with Crippen molar-refractivity contribution < 1.29 is 9.53 Å². The Morgan fingerprint density at radius 2 is 2.03 bits per heavy atom. The number of ether oxygens (including phenoxy) is 1. The highest BCUT2D eigenvalue weighted by Crippen LogP contribution is 2.34. The van der Waals surface area contributed by atoms with E-state index in [-0.39, 0.29) is 11.7 Å². The fourth-order valence-corrected chi connectivity index (χ4v) is 5.36. The van der Waals surface area contributed by atoms with E-state index in [0.29, 0.717) is 31.2 Å². The Kier molecular flexibility index (Phi) is 5.77. The zero-order valence-electron chi connectivity index (χ0n) is 16.6. The second kappa shape index (κ2) is 8.34. The molecule has 4 rings (SSSR count). The van der Waals surface area contributed by atoms with Gasteiger partial charge in [0.25, 0.3) is 5.56 Å². The maximum absolute atomic E-state index is 13.4. The molecule has 2 aromatic heterocycles. The lowest BCUT2D eigenvalue weighted by Gasteiger charge is -2.26. The van der Waals surface area contributed by atoms with Gasteiger partial charge < -0.3 is 4.74 Å². The summed E-state index contributed by atoms with van der Waals surface area (Å²) in [6.45, 7) is 5.33. The number of nitrogens with zero attached hydrogens (tertiary/aromatic N) is 2. The molecule has 154 valence electrons. The van der Waals surface area contributed by atoms with Crippen LogP contribution in [0.15, 0.2) is 62.8 Å². The lowest BCUT2D eigenvalue weighted by atomic mass is 9.96. The molecule has 30 heavy (non-hydrogen) atoms. The van der Waals surface area contributed by atoms with E-state index in [1.807, 2.05) is 41.8 Å². The van der Waals surface area contributed by atoms with Crippen LogP contribution >= 0.6 is 34.3 Å². The summed E-state index contributed by atoms with van der Waals surface area (Å²) in [5.74, 6) is -0.497. The zero-order chi connectivity index (χ0) is 21.4. The molecule has 1 aliphatic heterocycles. The van der Waals surface area contributed by atoms with Crippen LogP contribution in [0.25, 0.3) is 6.08 Å². The molecule has 1 atom stereocenters. The minimum atomic E-state index is -0.702. The topological polar surface area (TPSA) is 60.7 Å². The normalized spacial score (nSPS) is 16.6. The first-order chi connectivity index (χ1) is 14.4. The molecule has 5 nitrogen and oxygen atoms in total. The number of rotatable bonds is 4. The number of aromatic nitrogens is 1. The summed E-state index contributed by atoms with van der Waals surface area (Å²) in [6, 6.07) is 10.4. The van der Waals surface area contributed by atoms with Gasteiger partial charge in [-0.2, -0.15) is 0 Å². The van der Waals surface area contributed by atoms with Crippen LogP contribution in [0.3, 0.4) is 0 Å². The van der Waals surface area contributed by atoms with Gasteiger partial charge in [-0.15, -0.1) is 11.3 Å². The average Bonchev–Trinajstić information content (AvgIpc) is 3.29. The molecule has 0 saturated heterocycles. The second-order valence-corrected chi connectivity index (χ2v) is 9.47. The highest BCUT2D eigenvalue weighted by molar-refractivity contribution is 7.11. The first-order valence-corrected chi connectivity index (χ1v) is 11.5. The van der Waals surface area contributed by atoms with Crippen LogP contribution in [0.2, 0.25) is 5.02 Å². The van der Waals surface area contributed by atoms with Crippen LogP contribution in [0, 0.1) is 0 Å². The number of halogens is 1. The van der Waals surface area contributed by atoms with Gasteiger partial charge in [0, 0.05) is 9.90 Å². The standard InChI is InChI=1S/C22H19ClN2O3S2/c1-12(2)28-21(27)18-13(3)24-22-25(19(18)15-8-4-5-9-16(15)23)20(26)17(30-22)11-14-7-6-10-29-14/h4-12,19H,1-3H3. The molecule has 0 spiro atoms. The van der Waals surface area contributed by atoms with E-state index in [9.17, 15) is 9.59 Å². The lowest BCUT2D eigenvalue weighted by molar-refractivity contribution is -0.143. The van der Waals surface area contributed by atoms with Gasteiger partial charge in [0.05, 0.1) is 21.9 Å². The predicted molar refractivity (Wildman–Crippen MR) is 121 cm³/mol. The molecule has 0 saturated carbocycles. The Labute approximate surface area is 186 Å². The third-order valence-electron chi connectivity index (χ3n) is 4.60. The van der Waals surface area contributed by atoms with Gasteiger partial charge in [-0.05, 0) is 49.9 Å². The van der Waals surface area contributed by atoms with Gasteiger partial charge in [0.15, 0.2) is 4.80 Å². The van der Waals surface area contributed by atoms with Crippen molar-refractivity contribution in [2.24, 2.45) is 4.99 Å². The number of thiophene rings is 1. The van der Waals surface area contributed by atoms with Crippen LogP contribution < -0.4 is 14.9 Å². The van der Waals surface area contributed by atoms with Crippen LogP contribution in [0.1, 0.15) is 37.3 Å². The number of benzene rings is 1. The first kappa shape index (κ1) is 20.8. The summed E-state index contributed by atoms with van der Waals surface area (Å²) in [5.41, 5.74) is 1.30. The van der Waals surface area contributed by atoms with E-state index in [1.165, 1.54) is 11.3 Å². The average molecular weight is 459 g/mol. The van der Waals surface area contributed by atoms with Crippen molar-refractivity contribution in [2.45, 2.75) is 32.9 Å². The Bertz CT molecular complexity index is 1320. The third-order valence-corrected chi connectivity index (χ3v) is 6.75. The molecule has 0 aliphatic carbocycles. The maximum atomic E-state index is 13.4. The molecular weight excluding hydrogens is 440 g/mol. The fourth-order valence-electron chi connectivity index (χ4n) is 3.35. The van der Waals surface area contributed by atoms with E-state index in [2.05, 4.69) is 4.99 Å². The Hall–Kier alpha value is -2.48. The van der Waals surface area contributed by atoms with Crippen molar-refractivity contribution in [3.8, 4) is 0 Å². The summed E-state index contributed by atoms with van der Waals surface area (Å²) in [5, 5.41) is 2.43. The van der Waals surface area contributed by atoms with Gasteiger partial charge in [-0.3, -0.25) is 9.36 Å². The predicted octanol–water partition coefficient (Wildman–Crippen LogP) is 3.90. The molecule has 1 aromatic carbocycles. The number of hydrogen-bond acceptors (Lipinski definition) is 6. The van der Waals surface area contributed by atoms with Crippen molar-refractivity contribution in [1.29, 1.82) is 0 Å². The molecule has 0 N–H and O–H groups in total. The largest absolute Gasteiger partial charge is 0.459 e. The van der Waals surface area contributed by atoms with E-state index >= 15 is 0 Å². The lowest BCUT2D eigenvalue weighted by Crippen LogP contribution is -2.40. The van der Waals surface area contributed by atoms with Crippen molar-refractivity contribution in [2.75, 3.05) is 0 Å². The van der Waals surface area contributed by atoms with Crippen molar-refractivity contribution in [1.82, 2.24) is 4.57 Å². The summed E-state index contributed by atoms with van der Waals surface area (Å²) < 4.78 is 7.59. The number of fused-ring (bicyclic) bond motifs is 1. The molecule has 0 fully saturated rings. The highest BCUT2D eigenvalue weighted by atomic mass is 35.5. The van der Waals surface area contributed by atoms with Crippen molar-refractivity contribution in [3.05, 3.63) is 88.2 Å². The summed E-state index contributed by atoms with van der Waals surface area (Å²) >= 11 is 9.35. The van der Waals surface area contributed by atoms with Crippen LogP contribution in [0.5, 0.6) is 0 Å². The van der Waals surface area contributed by atoms with Crippen LogP contribution in [-0.2, 0) is 9.53 Å². The quantitative estimate of drug-likeness (QED) is 0.557. The van der Waals surface area contributed by atoms with Gasteiger partial charge >= 0.3 is 5.97 Å². The number of hydrogen-bond donors (Lipinski definition) is 0. The summed E-state index contributed by atoms with van der Waals surface area (Å²) in [6.07, 6.45) is 1.55. The van der Waals surface area contributed by atoms with Crippen LogP contribution in [-0.4, -0.2) is 16.6 Å². The Morgan fingerprint density at radius 1 is 1.27 bits per heavy atom. The van der Waals surface area contributed by atoms with Gasteiger partial charge in [-0.25, -0.2) is 9.79 Å². The molecule has 3 aromatic rings. The summed E-state index contributed by atoms with van der Waals surface area (Å²) in [4.78, 5) is 32.5. The number of carbonyl (C=O) groups is 1. The fraction of sp³-hybridized carbons (Fsp3) is 0.227. The number of esters is 1. The van der Waals surface area contributed by atoms with E-state index < -0.39 is 12.0 Å². The van der Waals surface area contributed by atoms with Gasteiger partial charge in [0.2, 0.25) is 0 Å². The zero-order valence-corrected chi connectivity index (χ0v) is 19.0. The minimum Gasteiger partial charge on any atom is -0.459 e. The summed E-state index contributed by atoms with van der Waals surface area (Å²) in [7, 11) is 0. The Morgan fingerprint density at radius 3 is 2.70 bits per heavy atom. The molecular formula is C22H19ClN2O3S2. The second-order valence-electron chi connectivity index (χ2n) is 7.07. The molecule has 8 heteroatoms. The van der Waals surface area contributed by atoms with Crippen molar-refractivity contribution in [3.63, 3.8) is 0 Å². The number of thiazole rings is 1. The molecule has 1 aliphatic rings. The molecule has 0 amide bonds. The maximum Gasteiger partial charge on any atom is 0.338 e. The third kappa shape index (κ3) is 3.80. The van der Waals surface area contributed by atoms with Crippen LogP contribution in [0.4, 0.5) is 0 Å². The molecule has 1 unspecified atom stereocenters. The minimum absolute atomic E-state index is 0.209. The number of allylic oxidation sites excluding steroid dienone is 1. The van der Waals surface area contributed by atoms with E-state index in [4.69, 9.17) is 16.3 Å². The molecule has 3 heterocycles. The van der Waals surface area contributed by atoms with Gasteiger partial charge in [0.1, 0.15) is 6.04 Å². The number of carbonyl (C=O) groups excluding carboxylic acids is 1. The van der Waals surface area contributed by atoms with E-state index in [1.54, 1.807) is 42.7 Å². The molecule has 0 radical (unpaired) electrons. The van der Waals surface area contributed by atoms with Crippen molar-refractivity contribution >= 4 is 46.3 Å². The smallest absolute Gasteiger partial charge is 0.338 e. The highest BCUT2D eigenvalue weighted by Gasteiger charge is 2.34. The molecule has 0 bridgehead atoms. The Balaban J connectivity index is 1.99. The van der Waals surface area contributed by atoms with E-state index in [0.717, 1.165) is 4.88 Å².